The summed E-state index contributed by atoms with van der Waals surface area (Å²) in [5.74, 6) is -0.934. The van der Waals surface area contributed by atoms with Crippen LogP contribution in [-0.4, -0.2) is 49.3 Å². The molecule has 0 aliphatic rings. The lowest BCUT2D eigenvalue weighted by atomic mass is 10.1. The monoisotopic (exact) mass is 759 g/mol. The molecule has 0 amide bonds. The molecule has 0 aliphatic carbocycles. The van der Waals surface area contributed by atoms with E-state index >= 15 is 0 Å². The second-order valence-corrected chi connectivity index (χ2v) is 14.0. The summed E-state index contributed by atoms with van der Waals surface area (Å²) in [6.45, 7) is 3.43. The molecule has 0 fully saturated rings. The van der Waals surface area contributed by atoms with E-state index in [0.717, 1.165) is 64.2 Å². The van der Waals surface area contributed by atoms with Crippen LogP contribution in [0.2, 0.25) is 0 Å². The van der Waals surface area contributed by atoms with Gasteiger partial charge in [0.15, 0.2) is 6.10 Å². The average Bonchev–Trinajstić information content (AvgIpc) is 3.14. The minimum Gasteiger partial charge on any atom is -0.462 e. The van der Waals surface area contributed by atoms with Crippen molar-refractivity contribution in [1.29, 1.82) is 0 Å². The van der Waals surface area contributed by atoms with Crippen molar-refractivity contribution in [2.75, 3.05) is 26.4 Å². The zero-order chi connectivity index (χ0) is 38.9. The number of phosphoric acid groups is 1. The predicted octanol–water partition coefficient (Wildman–Crippen LogP) is 11.0. The Labute approximate surface area is 321 Å². The fourth-order valence-electron chi connectivity index (χ4n) is 4.63. The second-order valence-electron chi connectivity index (χ2n) is 12.5. The molecule has 0 aliphatic heterocycles. The van der Waals surface area contributed by atoms with Crippen molar-refractivity contribution in [1.82, 2.24) is 0 Å². The fourth-order valence-corrected chi connectivity index (χ4v) is 5.40. The third kappa shape index (κ3) is 38.5. The molecule has 0 spiro atoms. The van der Waals surface area contributed by atoms with Crippen LogP contribution in [0, 0.1) is 0 Å². The molecule has 0 bridgehead atoms. The first-order chi connectivity index (χ1) is 25.8. The lowest BCUT2D eigenvalue weighted by molar-refractivity contribution is -0.161. The Morgan fingerprint density at radius 1 is 0.604 bits per heavy atom. The molecule has 0 radical (unpaired) electrons. The van der Waals surface area contributed by atoms with Crippen LogP contribution in [-0.2, 0) is 32.7 Å². The highest BCUT2D eigenvalue weighted by Crippen LogP contribution is 2.43. The van der Waals surface area contributed by atoms with E-state index in [-0.39, 0.29) is 32.6 Å². The first-order valence-electron chi connectivity index (χ1n) is 19.8. The van der Waals surface area contributed by atoms with Gasteiger partial charge in [0.25, 0.3) is 0 Å². The molecule has 9 nitrogen and oxygen atoms in total. The number of phosphoric ester groups is 1. The van der Waals surface area contributed by atoms with Gasteiger partial charge < -0.3 is 20.1 Å². The van der Waals surface area contributed by atoms with Gasteiger partial charge in [0.1, 0.15) is 6.61 Å². The molecule has 1 unspecified atom stereocenters. The molecule has 2 atom stereocenters. The Hall–Kier alpha value is -3.07. The molecular weight excluding hydrogens is 689 g/mol. The number of hydrogen-bond acceptors (Lipinski definition) is 8. The number of carbonyl (C=O) groups excluding carboxylic acids is 2. The van der Waals surface area contributed by atoms with E-state index in [1.54, 1.807) is 0 Å². The van der Waals surface area contributed by atoms with Crippen LogP contribution in [0.25, 0.3) is 0 Å². The highest BCUT2D eigenvalue weighted by atomic mass is 31.2. The van der Waals surface area contributed by atoms with Crippen molar-refractivity contribution in [3.63, 3.8) is 0 Å². The van der Waals surface area contributed by atoms with Crippen LogP contribution in [0.5, 0.6) is 0 Å². The number of hydrogen-bond donors (Lipinski definition) is 2. The summed E-state index contributed by atoms with van der Waals surface area (Å²) < 4.78 is 32.6. The smallest absolute Gasteiger partial charge is 0.462 e. The minimum atomic E-state index is -4.40. The Morgan fingerprint density at radius 3 is 1.77 bits per heavy atom. The van der Waals surface area contributed by atoms with E-state index in [0.29, 0.717) is 19.3 Å². The van der Waals surface area contributed by atoms with Crippen molar-refractivity contribution >= 4 is 19.8 Å². The molecule has 0 aromatic carbocycles. The van der Waals surface area contributed by atoms with Gasteiger partial charge in [-0.2, -0.15) is 0 Å². The second kappa shape index (κ2) is 38.6. The summed E-state index contributed by atoms with van der Waals surface area (Å²) in [6, 6.07) is 0. The standard InChI is InChI=1S/C43H70NO8P/c1-3-5-7-9-11-13-15-17-19-20-22-24-26-28-30-32-34-36-43(46)52-41(40-51-53(47,48)50-38-37-44)39-49-42(45)35-33-31-29-27-25-23-21-18-16-14-12-10-8-6-4-2/h6,8,10-14,16-19,21-22,24,28,30,41H,3-5,7,9,15,20,23,25-27,29,31-40,44H2,1-2H3,(H,47,48)/b8-6+,12-10+,13-11+,16-14+,19-17+,21-18+,24-22+,30-28+/t41-/m1/s1. The summed E-state index contributed by atoms with van der Waals surface area (Å²) in [6.07, 6.45) is 48.7. The van der Waals surface area contributed by atoms with Gasteiger partial charge in [0, 0.05) is 19.4 Å². The van der Waals surface area contributed by atoms with Crippen molar-refractivity contribution in [3.8, 4) is 0 Å². The third-order valence-corrected chi connectivity index (χ3v) is 8.53. The number of ether oxygens (including phenoxy) is 2. The van der Waals surface area contributed by atoms with Crippen LogP contribution >= 0.6 is 7.82 Å². The van der Waals surface area contributed by atoms with E-state index in [4.69, 9.17) is 24.3 Å². The quantitative estimate of drug-likeness (QED) is 0.0213. The van der Waals surface area contributed by atoms with Gasteiger partial charge in [-0.1, -0.05) is 143 Å². The summed E-state index contributed by atoms with van der Waals surface area (Å²) in [5, 5.41) is 0. The van der Waals surface area contributed by atoms with Gasteiger partial charge in [-0.25, -0.2) is 4.57 Å². The maximum absolute atomic E-state index is 12.5. The first-order valence-corrected chi connectivity index (χ1v) is 21.3. The molecule has 0 saturated carbocycles. The van der Waals surface area contributed by atoms with Crippen LogP contribution in [0.4, 0.5) is 0 Å². The van der Waals surface area contributed by atoms with Gasteiger partial charge in [-0.05, 0) is 70.6 Å². The van der Waals surface area contributed by atoms with Crippen molar-refractivity contribution in [3.05, 3.63) is 97.2 Å². The largest absolute Gasteiger partial charge is 0.472 e. The summed E-state index contributed by atoms with van der Waals surface area (Å²) in [5.41, 5.74) is 5.33. The van der Waals surface area contributed by atoms with Crippen molar-refractivity contribution in [2.24, 2.45) is 5.73 Å². The van der Waals surface area contributed by atoms with Gasteiger partial charge in [0.05, 0.1) is 13.2 Å². The Morgan fingerprint density at radius 2 is 1.13 bits per heavy atom. The lowest BCUT2D eigenvalue weighted by Crippen LogP contribution is -2.29. The van der Waals surface area contributed by atoms with Crippen LogP contribution in [0.3, 0.4) is 0 Å². The lowest BCUT2D eigenvalue weighted by Gasteiger charge is -2.19. The maximum atomic E-state index is 12.5. The average molecular weight is 760 g/mol. The fraction of sp³-hybridized carbons (Fsp3) is 0.581. The van der Waals surface area contributed by atoms with E-state index < -0.39 is 32.5 Å². The predicted molar refractivity (Wildman–Crippen MR) is 219 cm³/mol. The third-order valence-electron chi connectivity index (χ3n) is 7.55. The van der Waals surface area contributed by atoms with E-state index in [1.165, 1.54) is 19.3 Å². The van der Waals surface area contributed by atoms with E-state index in [2.05, 4.69) is 74.6 Å². The Bertz CT molecular complexity index is 1180. The molecule has 53 heavy (non-hydrogen) atoms. The number of rotatable bonds is 35. The van der Waals surface area contributed by atoms with Crippen molar-refractivity contribution in [2.45, 2.75) is 136 Å². The Kier molecular flexibility index (Phi) is 36.4. The van der Waals surface area contributed by atoms with E-state index in [9.17, 15) is 19.0 Å². The molecule has 300 valence electrons. The molecule has 0 aromatic heterocycles. The molecule has 10 heteroatoms. The molecule has 0 aromatic rings. The minimum absolute atomic E-state index is 0.0354. The summed E-state index contributed by atoms with van der Waals surface area (Å²) in [7, 11) is -4.40. The Balaban J connectivity index is 4.38. The molecule has 0 heterocycles. The molecule has 3 N–H and O–H groups in total. The van der Waals surface area contributed by atoms with E-state index in [1.807, 2.05) is 36.5 Å². The highest BCUT2D eigenvalue weighted by Gasteiger charge is 2.25. The number of unbranched alkanes of at least 4 members (excludes halogenated alkanes) is 9. The SMILES string of the molecule is CC/C=C/C=C/C=C/C=C/CCCCCCCC(=O)OC[C@H](COP(=O)(O)OCCN)OC(=O)CCC/C=C/C/C=C/C/C=C/C/C=C/CCCCC. The number of carbonyl (C=O) groups is 2. The topological polar surface area (TPSA) is 134 Å². The van der Waals surface area contributed by atoms with Gasteiger partial charge >= 0.3 is 19.8 Å². The zero-order valence-corrected chi connectivity index (χ0v) is 33.6. The van der Waals surface area contributed by atoms with Crippen LogP contribution in [0.1, 0.15) is 129 Å². The number of nitrogens with two attached hydrogens (primary N) is 1. The van der Waals surface area contributed by atoms with Crippen LogP contribution in [0.15, 0.2) is 97.2 Å². The molecule has 0 rings (SSSR count). The summed E-state index contributed by atoms with van der Waals surface area (Å²) >= 11 is 0. The van der Waals surface area contributed by atoms with Crippen LogP contribution < -0.4 is 5.73 Å². The number of allylic oxidation sites excluding steroid dienone is 16. The molecular formula is C43H70NO8P. The first kappa shape index (κ1) is 49.9. The summed E-state index contributed by atoms with van der Waals surface area (Å²) in [4.78, 5) is 34.7. The normalized spacial score (nSPS) is 14.4. The van der Waals surface area contributed by atoms with Gasteiger partial charge in [-0.3, -0.25) is 18.6 Å². The van der Waals surface area contributed by atoms with Crippen molar-refractivity contribution < 1.29 is 37.6 Å². The maximum Gasteiger partial charge on any atom is 0.472 e. The zero-order valence-electron chi connectivity index (χ0n) is 32.7. The van der Waals surface area contributed by atoms with Gasteiger partial charge in [-0.15, -0.1) is 0 Å². The highest BCUT2D eigenvalue weighted by molar-refractivity contribution is 7.47. The van der Waals surface area contributed by atoms with Gasteiger partial charge in [0.2, 0.25) is 0 Å². The molecule has 0 saturated heterocycles. The number of esters is 2.